The van der Waals surface area contributed by atoms with Crippen molar-refractivity contribution in [2.45, 2.75) is 58.8 Å². The monoisotopic (exact) mass is 578 g/mol. The number of phenols is 1. The van der Waals surface area contributed by atoms with E-state index in [0.717, 1.165) is 66.4 Å². The summed E-state index contributed by atoms with van der Waals surface area (Å²) in [5.41, 5.74) is 5.39. The van der Waals surface area contributed by atoms with Crippen molar-refractivity contribution >= 4 is 17.5 Å². The van der Waals surface area contributed by atoms with Crippen molar-refractivity contribution < 1.29 is 29.3 Å². The first-order valence-electron chi connectivity index (χ1n) is 15.7. The van der Waals surface area contributed by atoms with Gasteiger partial charge >= 0.3 is 11.9 Å². The highest BCUT2D eigenvalue weighted by molar-refractivity contribution is 6.07. The van der Waals surface area contributed by atoms with Crippen LogP contribution in [0.2, 0.25) is 0 Å². The number of esters is 2. The molecule has 2 N–H and O–H groups in total. The molecule has 2 fully saturated rings. The summed E-state index contributed by atoms with van der Waals surface area (Å²) in [4.78, 5) is 27.8. The fraction of sp³-hybridized carbons (Fsp3) is 0.405. The summed E-state index contributed by atoms with van der Waals surface area (Å²) in [7, 11) is 0. The van der Waals surface area contributed by atoms with E-state index in [2.05, 4.69) is 25.1 Å². The van der Waals surface area contributed by atoms with Gasteiger partial charge in [0.05, 0.1) is 11.0 Å². The fourth-order valence-electron chi connectivity index (χ4n) is 8.54. The Bertz CT molecular complexity index is 1630. The maximum atomic E-state index is 14.1. The van der Waals surface area contributed by atoms with E-state index in [1.165, 1.54) is 0 Å². The molecule has 8 rings (SSSR count). The van der Waals surface area contributed by atoms with Gasteiger partial charge in [0.2, 0.25) is 0 Å². The average Bonchev–Trinajstić information content (AvgIpc) is 3.52. The summed E-state index contributed by atoms with van der Waals surface area (Å²) < 4.78 is 12.1. The molecule has 5 atom stereocenters. The van der Waals surface area contributed by atoms with Gasteiger partial charge in [0, 0.05) is 23.7 Å². The van der Waals surface area contributed by atoms with E-state index in [4.69, 9.17) is 9.47 Å². The average molecular weight is 579 g/mol. The Kier molecular flexibility index (Phi) is 6.93. The van der Waals surface area contributed by atoms with E-state index in [9.17, 15) is 19.8 Å². The highest BCUT2D eigenvalue weighted by Crippen LogP contribution is 2.72. The first-order chi connectivity index (χ1) is 20.9. The van der Waals surface area contributed by atoms with Crippen LogP contribution in [0, 0.1) is 29.1 Å². The minimum absolute atomic E-state index is 0.0357. The smallest absolute Gasteiger partial charge is 0.340 e. The third-order valence-electron chi connectivity index (χ3n) is 10.4. The minimum atomic E-state index is -0.756. The van der Waals surface area contributed by atoms with Gasteiger partial charge in [0.15, 0.2) is 0 Å². The molecule has 2 aromatic carbocycles. The molecule has 2 aromatic rings. The van der Waals surface area contributed by atoms with Crippen molar-refractivity contribution in [3.05, 3.63) is 94.5 Å². The second-order valence-electron chi connectivity index (χ2n) is 12.8. The molecule has 2 heterocycles. The van der Waals surface area contributed by atoms with Gasteiger partial charge in [-0.25, -0.2) is 9.59 Å². The van der Waals surface area contributed by atoms with E-state index in [1.807, 2.05) is 37.3 Å². The van der Waals surface area contributed by atoms with Gasteiger partial charge in [-0.2, -0.15) is 0 Å². The molecular weight excluding hydrogens is 540 g/mol. The van der Waals surface area contributed by atoms with Crippen LogP contribution in [-0.2, 0) is 19.1 Å². The number of aliphatic hydroxyl groups is 1. The SMILES string of the molecule is CCC/C=C1\OC(=O)C2=C(c3cc(O)ccc3-c3ccccc3)[C@@H]3CC[C@@]21[C@H]1C2=C(CC[C@@H]31)C(=CC[C@H](C)CO)OC2=O. The summed E-state index contributed by atoms with van der Waals surface area (Å²) in [6, 6.07) is 15.5. The molecule has 0 aromatic heterocycles. The number of hydrogen-bond donors (Lipinski definition) is 2. The second kappa shape index (κ2) is 10.7. The Morgan fingerprint density at radius 2 is 1.81 bits per heavy atom. The number of cyclic esters (lactones) is 2. The highest BCUT2D eigenvalue weighted by Gasteiger charge is 2.68. The molecule has 222 valence electrons. The number of phenolic OH excluding ortho intramolecular Hbond substituents is 1. The quantitative estimate of drug-likeness (QED) is 0.336. The maximum absolute atomic E-state index is 14.1. The number of allylic oxidation sites excluding steroid dienone is 5. The second-order valence-corrected chi connectivity index (χ2v) is 12.8. The molecule has 1 saturated carbocycles. The van der Waals surface area contributed by atoms with Gasteiger partial charge < -0.3 is 19.7 Å². The predicted molar refractivity (Wildman–Crippen MR) is 163 cm³/mol. The Morgan fingerprint density at radius 3 is 2.58 bits per heavy atom. The van der Waals surface area contributed by atoms with Crippen molar-refractivity contribution in [1.82, 2.24) is 0 Å². The summed E-state index contributed by atoms with van der Waals surface area (Å²) in [5, 5.41) is 20.3. The lowest BCUT2D eigenvalue weighted by Crippen LogP contribution is -2.52. The molecule has 4 aliphatic carbocycles. The summed E-state index contributed by atoms with van der Waals surface area (Å²) in [6.45, 7) is 4.14. The molecule has 2 aliphatic heterocycles. The Balaban J connectivity index is 1.47. The van der Waals surface area contributed by atoms with E-state index in [1.54, 1.807) is 12.1 Å². The lowest BCUT2D eigenvalue weighted by molar-refractivity contribution is -0.135. The van der Waals surface area contributed by atoms with Crippen molar-refractivity contribution in [2.24, 2.45) is 29.1 Å². The van der Waals surface area contributed by atoms with Crippen LogP contribution in [0.5, 0.6) is 5.75 Å². The van der Waals surface area contributed by atoms with Gasteiger partial charge in [-0.05, 0) is 103 Å². The number of rotatable bonds is 7. The fourth-order valence-corrected chi connectivity index (χ4v) is 8.54. The number of aliphatic hydroxyl groups excluding tert-OH is 1. The van der Waals surface area contributed by atoms with Crippen LogP contribution in [0.4, 0.5) is 0 Å². The standard InChI is InChI=1S/C37H38O6/c1-3-4-10-30-37-18-17-25(26-14-15-27-29(16-11-21(2)20-38)42-35(40)32(27)33(26)37)31(34(37)36(41)43-30)28-19-23(39)12-13-24(28)22-8-6-5-7-9-22/h5-10,12-13,16,19,21,25-26,33,38-39H,3-4,11,14-15,17-18,20H2,1-2H3/b29-16?,30-10-/t21-,25+,26-,33+,37+/m0/s1. The molecule has 1 saturated heterocycles. The molecular formula is C37H38O6. The lowest BCUT2D eigenvalue weighted by atomic mass is 9.44. The van der Waals surface area contributed by atoms with E-state index < -0.39 is 5.41 Å². The number of unbranched alkanes of at least 4 members (excludes halogenated alkanes) is 1. The number of ether oxygens (including phenoxy) is 2. The lowest BCUT2D eigenvalue weighted by Gasteiger charge is -2.56. The molecule has 1 spiro atoms. The number of fused-ring (bicyclic) bond motifs is 1. The summed E-state index contributed by atoms with van der Waals surface area (Å²) in [5.74, 6) is 0.812. The summed E-state index contributed by atoms with van der Waals surface area (Å²) >= 11 is 0. The zero-order chi connectivity index (χ0) is 29.9. The van der Waals surface area contributed by atoms with Gasteiger partial charge in [-0.3, -0.25) is 0 Å². The first-order valence-corrected chi connectivity index (χ1v) is 15.7. The molecule has 0 amide bonds. The van der Waals surface area contributed by atoms with Crippen LogP contribution in [-0.4, -0.2) is 28.8 Å². The molecule has 0 radical (unpaired) electrons. The van der Waals surface area contributed by atoms with Crippen LogP contribution >= 0.6 is 0 Å². The molecule has 0 unspecified atom stereocenters. The van der Waals surface area contributed by atoms with Crippen LogP contribution in [0.15, 0.2) is 88.9 Å². The van der Waals surface area contributed by atoms with E-state index >= 15 is 0 Å². The van der Waals surface area contributed by atoms with Crippen molar-refractivity contribution in [2.75, 3.05) is 6.61 Å². The summed E-state index contributed by atoms with van der Waals surface area (Å²) in [6.07, 6.45) is 9.52. The van der Waals surface area contributed by atoms with Crippen molar-refractivity contribution in [3.63, 3.8) is 0 Å². The number of benzene rings is 2. The molecule has 6 heteroatoms. The molecule has 43 heavy (non-hydrogen) atoms. The Labute approximate surface area is 252 Å². The minimum Gasteiger partial charge on any atom is -0.508 e. The largest absolute Gasteiger partial charge is 0.508 e. The van der Waals surface area contributed by atoms with Crippen molar-refractivity contribution in [3.8, 4) is 16.9 Å². The highest BCUT2D eigenvalue weighted by atomic mass is 16.5. The van der Waals surface area contributed by atoms with E-state index in [0.29, 0.717) is 29.1 Å². The number of aromatic hydroxyl groups is 1. The van der Waals surface area contributed by atoms with E-state index in [-0.39, 0.29) is 48.0 Å². The van der Waals surface area contributed by atoms with Gasteiger partial charge in [0.1, 0.15) is 17.3 Å². The number of hydrogen-bond acceptors (Lipinski definition) is 6. The third-order valence-corrected chi connectivity index (χ3v) is 10.4. The Morgan fingerprint density at radius 1 is 1.00 bits per heavy atom. The van der Waals surface area contributed by atoms with Gasteiger partial charge in [-0.15, -0.1) is 0 Å². The molecule has 6 aliphatic rings. The maximum Gasteiger partial charge on any atom is 0.340 e. The van der Waals surface area contributed by atoms with Crippen LogP contribution < -0.4 is 0 Å². The normalized spacial score (nSPS) is 30.0. The molecule has 6 nitrogen and oxygen atoms in total. The number of carbonyl (C=O) groups excluding carboxylic acids is 2. The van der Waals surface area contributed by atoms with Crippen LogP contribution in [0.1, 0.15) is 64.4 Å². The zero-order valence-electron chi connectivity index (χ0n) is 24.8. The number of carbonyl (C=O) groups is 2. The van der Waals surface area contributed by atoms with Gasteiger partial charge in [-0.1, -0.05) is 56.7 Å². The predicted octanol–water partition coefficient (Wildman–Crippen LogP) is 7.25. The topological polar surface area (TPSA) is 93.1 Å². The third kappa shape index (κ3) is 4.17. The first kappa shape index (κ1) is 27.9. The van der Waals surface area contributed by atoms with Crippen molar-refractivity contribution in [1.29, 1.82) is 0 Å². The van der Waals surface area contributed by atoms with Crippen LogP contribution in [0.3, 0.4) is 0 Å². The Hall–Kier alpha value is -3.90. The van der Waals surface area contributed by atoms with Gasteiger partial charge in [0.25, 0.3) is 0 Å². The molecule has 2 bridgehead atoms. The zero-order valence-corrected chi connectivity index (χ0v) is 24.8. The van der Waals surface area contributed by atoms with Crippen LogP contribution in [0.25, 0.3) is 16.7 Å².